The molecule has 0 heterocycles. The van der Waals surface area contributed by atoms with Crippen molar-refractivity contribution < 1.29 is 14.8 Å². The number of hydroxylamine groups is 1. The monoisotopic (exact) mass is 326 g/mol. The Labute approximate surface area is 141 Å². The first-order valence-corrected chi connectivity index (χ1v) is 7.98. The van der Waals surface area contributed by atoms with Crippen LogP contribution >= 0.6 is 0 Å². The Morgan fingerprint density at radius 1 is 1.00 bits per heavy atom. The third-order valence-electron chi connectivity index (χ3n) is 3.94. The van der Waals surface area contributed by atoms with E-state index in [1.54, 1.807) is 36.8 Å². The molecular formula is C19H22N2O3. The molecule has 0 saturated heterocycles. The fourth-order valence-corrected chi connectivity index (χ4v) is 2.41. The van der Waals surface area contributed by atoms with Crippen LogP contribution in [0.25, 0.3) is 0 Å². The second-order valence-electron chi connectivity index (χ2n) is 5.65. The summed E-state index contributed by atoms with van der Waals surface area (Å²) in [6, 6.07) is 14.1. The van der Waals surface area contributed by atoms with E-state index in [4.69, 9.17) is 5.21 Å². The highest BCUT2D eigenvalue weighted by Gasteiger charge is 2.14. The van der Waals surface area contributed by atoms with Crippen LogP contribution < -0.4 is 10.4 Å². The SMILES string of the molecule is CCCCc1ccc(C(=O)N(C)c2ccc(C(=O)NO)cc2)cc1. The molecule has 2 aromatic rings. The van der Waals surface area contributed by atoms with Gasteiger partial charge in [-0.1, -0.05) is 25.5 Å². The molecule has 2 N–H and O–H groups in total. The van der Waals surface area contributed by atoms with Gasteiger partial charge in [-0.15, -0.1) is 0 Å². The molecule has 5 heteroatoms. The molecule has 0 atom stereocenters. The highest BCUT2D eigenvalue weighted by molar-refractivity contribution is 6.06. The van der Waals surface area contributed by atoms with Crippen LogP contribution in [-0.4, -0.2) is 24.1 Å². The lowest BCUT2D eigenvalue weighted by Crippen LogP contribution is -2.26. The molecule has 0 saturated carbocycles. The maximum atomic E-state index is 12.6. The van der Waals surface area contributed by atoms with Gasteiger partial charge in [0.15, 0.2) is 0 Å². The average molecular weight is 326 g/mol. The van der Waals surface area contributed by atoms with E-state index in [0.29, 0.717) is 16.8 Å². The quantitative estimate of drug-likeness (QED) is 0.631. The van der Waals surface area contributed by atoms with Gasteiger partial charge < -0.3 is 4.90 Å². The van der Waals surface area contributed by atoms with E-state index < -0.39 is 5.91 Å². The fraction of sp³-hybridized carbons (Fsp3) is 0.263. The van der Waals surface area contributed by atoms with Crippen LogP contribution in [0.1, 0.15) is 46.0 Å². The van der Waals surface area contributed by atoms with Crippen LogP contribution in [0.5, 0.6) is 0 Å². The van der Waals surface area contributed by atoms with Crippen molar-refractivity contribution in [3.05, 3.63) is 65.2 Å². The van der Waals surface area contributed by atoms with Gasteiger partial charge in [-0.2, -0.15) is 0 Å². The van der Waals surface area contributed by atoms with E-state index in [2.05, 4.69) is 6.92 Å². The first kappa shape index (κ1) is 17.7. The van der Waals surface area contributed by atoms with Crippen molar-refractivity contribution in [1.82, 2.24) is 5.48 Å². The molecule has 0 aromatic heterocycles. The van der Waals surface area contributed by atoms with E-state index in [-0.39, 0.29) is 5.91 Å². The van der Waals surface area contributed by atoms with Crippen molar-refractivity contribution in [1.29, 1.82) is 0 Å². The molecule has 0 aliphatic rings. The summed E-state index contributed by atoms with van der Waals surface area (Å²) in [4.78, 5) is 25.4. The molecule has 0 aliphatic heterocycles. The summed E-state index contributed by atoms with van der Waals surface area (Å²) < 4.78 is 0. The zero-order chi connectivity index (χ0) is 17.5. The molecule has 0 aliphatic carbocycles. The maximum absolute atomic E-state index is 12.6. The molecule has 0 spiro atoms. The Morgan fingerprint density at radius 3 is 2.12 bits per heavy atom. The zero-order valence-corrected chi connectivity index (χ0v) is 14.0. The van der Waals surface area contributed by atoms with Gasteiger partial charge in [0.25, 0.3) is 11.8 Å². The molecular weight excluding hydrogens is 304 g/mol. The van der Waals surface area contributed by atoms with Gasteiger partial charge in [0.2, 0.25) is 0 Å². The summed E-state index contributed by atoms with van der Waals surface area (Å²) >= 11 is 0. The lowest BCUT2D eigenvalue weighted by molar-refractivity contribution is 0.0706. The van der Waals surface area contributed by atoms with Crippen LogP contribution in [0.2, 0.25) is 0 Å². The lowest BCUT2D eigenvalue weighted by Gasteiger charge is -2.18. The van der Waals surface area contributed by atoms with Gasteiger partial charge in [0.05, 0.1) is 0 Å². The number of anilines is 1. The van der Waals surface area contributed by atoms with E-state index in [1.165, 1.54) is 10.5 Å². The van der Waals surface area contributed by atoms with E-state index >= 15 is 0 Å². The van der Waals surface area contributed by atoms with Crippen LogP contribution in [-0.2, 0) is 6.42 Å². The van der Waals surface area contributed by atoms with Crippen LogP contribution in [0, 0.1) is 0 Å². The van der Waals surface area contributed by atoms with Gasteiger partial charge in [0, 0.05) is 23.9 Å². The summed E-state index contributed by atoms with van der Waals surface area (Å²) in [6.07, 6.45) is 3.31. The molecule has 24 heavy (non-hydrogen) atoms. The summed E-state index contributed by atoms with van der Waals surface area (Å²) in [5.74, 6) is -0.699. The highest BCUT2D eigenvalue weighted by Crippen LogP contribution is 2.17. The largest absolute Gasteiger partial charge is 0.311 e. The van der Waals surface area contributed by atoms with Crippen molar-refractivity contribution in [3.63, 3.8) is 0 Å². The highest BCUT2D eigenvalue weighted by atomic mass is 16.5. The second kappa shape index (κ2) is 8.26. The Balaban J connectivity index is 2.09. The second-order valence-corrected chi connectivity index (χ2v) is 5.65. The summed E-state index contributed by atoms with van der Waals surface area (Å²) in [5, 5.41) is 8.62. The number of nitrogens with one attached hydrogen (secondary N) is 1. The first-order chi connectivity index (χ1) is 11.6. The molecule has 0 fully saturated rings. The van der Waals surface area contributed by atoms with Crippen molar-refractivity contribution in [3.8, 4) is 0 Å². The molecule has 2 rings (SSSR count). The third kappa shape index (κ3) is 4.20. The van der Waals surface area contributed by atoms with Crippen molar-refractivity contribution in [2.75, 3.05) is 11.9 Å². The number of carbonyl (C=O) groups excluding carboxylic acids is 2. The van der Waals surface area contributed by atoms with Gasteiger partial charge in [-0.3, -0.25) is 14.8 Å². The topological polar surface area (TPSA) is 69.6 Å². The maximum Gasteiger partial charge on any atom is 0.274 e. The normalized spacial score (nSPS) is 10.3. The number of hydrogen-bond acceptors (Lipinski definition) is 3. The summed E-state index contributed by atoms with van der Waals surface area (Å²) in [6.45, 7) is 2.16. The first-order valence-electron chi connectivity index (χ1n) is 7.98. The third-order valence-corrected chi connectivity index (χ3v) is 3.94. The standard InChI is InChI=1S/C19H22N2O3/c1-3-4-5-14-6-8-16(9-7-14)19(23)21(2)17-12-10-15(11-13-17)18(22)20-24/h6-13,24H,3-5H2,1-2H3,(H,20,22). The van der Waals surface area contributed by atoms with E-state index in [9.17, 15) is 9.59 Å². The zero-order valence-electron chi connectivity index (χ0n) is 14.0. The lowest BCUT2D eigenvalue weighted by atomic mass is 10.1. The Bertz CT molecular complexity index is 694. The number of benzene rings is 2. The molecule has 126 valence electrons. The smallest absolute Gasteiger partial charge is 0.274 e. The molecule has 2 aromatic carbocycles. The fourth-order valence-electron chi connectivity index (χ4n) is 2.41. The Hall–Kier alpha value is -2.66. The summed E-state index contributed by atoms with van der Waals surface area (Å²) in [7, 11) is 1.69. The number of amides is 2. The minimum absolute atomic E-state index is 0.114. The van der Waals surface area contributed by atoms with Crippen LogP contribution in [0.3, 0.4) is 0 Å². The molecule has 5 nitrogen and oxygen atoms in total. The van der Waals surface area contributed by atoms with Crippen molar-refractivity contribution in [2.45, 2.75) is 26.2 Å². The predicted molar refractivity (Wildman–Crippen MR) is 93.5 cm³/mol. The molecule has 0 bridgehead atoms. The van der Waals surface area contributed by atoms with Gasteiger partial charge >= 0.3 is 0 Å². The van der Waals surface area contributed by atoms with E-state index in [0.717, 1.165) is 19.3 Å². The molecule has 0 radical (unpaired) electrons. The van der Waals surface area contributed by atoms with Crippen molar-refractivity contribution in [2.24, 2.45) is 0 Å². The van der Waals surface area contributed by atoms with Gasteiger partial charge in [-0.25, -0.2) is 5.48 Å². The van der Waals surface area contributed by atoms with E-state index in [1.807, 2.05) is 24.3 Å². The van der Waals surface area contributed by atoms with Gasteiger partial charge in [-0.05, 0) is 54.8 Å². The van der Waals surface area contributed by atoms with Crippen LogP contribution in [0.15, 0.2) is 48.5 Å². The predicted octanol–water partition coefficient (Wildman–Crippen LogP) is 3.42. The number of carbonyl (C=O) groups is 2. The van der Waals surface area contributed by atoms with Crippen molar-refractivity contribution >= 4 is 17.5 Å². The number of aryl methyl sites for hydroxylation is 1. The minimum Gasteiger partial charge on any atom is -0.311 e. The van der Waals surface area contributed by atoms with Crippen LogP contribution in [0.4, 0.5) is 5.69 Å². The number of unbranched alkanes of at least 4 members (excludes halogenated alkanes) is 1. The summed E-state index contributed by atoms with van der Waals surface area (Å²) in [5.41, 5.74) is 4.42. The minimum atomic E-state index is -0.585. The van der Waals surface area contributed by atoms with Gasteiger partial charge in [0.1, 0.15) is 0 Å². The average Bonchev–Trinajstić information content (AvgIpc) is 2.65. The molecule has 2 amide bonds. The Kier molecular flexibility index (Phi) is 6.09. The number of nitrogens with zero attached hydrogens (tertiary/aromatic N) is 1. The molecule has 0 unspecified atom stereocenters. The number of rotatable bonds is 6. The Morgan fingerprint density at radius 2 is 1.58 bits per heavy atom. The number of hydrogen-bond donors (Lipinski definition) is 2.